The largest absolute Gasteiger partial charge is 0.428 e. The molecule has 2 heterocycles. The predicted octanol–water partition coefficient (Wildman–Crippen LogP) is 2.78. The minimum absolute atomic E-state index is 0.456. The van der Waals surface area contributed by atoms with Crippen molar-refractivity contribution < 1.29 is 5.21 Å². The van der Waals surface area contributed by atoms with Gasteiger partial charge in [0.2, 0.25) is 0 Å². The van der Waals surface area contributed by atoms with Gasteiger partial charge >= 0.3 is 0 Å². The van der Waals surface area contributed by atoms with Crippen LogP contribution in [0.25, 0.3) is 10.9 Å². The molecule has 0 spiro atoms. The highest BCUT2D eigenvalue weighted by Crippen LogP contribution is 2.42. The predicted molar refractivity (Wildman–Crippen MR) is 75.7 cm³/mol. The first-order valence-electron chi connectivity index (χ1n) is 6.85. The SMILES string of the molecule is CC1=C[C@@H]2c3cccc4c3c(cn4O)C[C@H]2N(C)C1. The minimum atomic E-state index is 0.456. The first-order chi connectivity index (χ1) is 9.15. The molecule has 0 bridgehead atoms. The van der Waals surface area contributed by atoms with E-state index in [1.165, 1.54) is 26.8 Å². The highest BCUT2D eigenvalue weighted by atomic mass is 16.5. The van der Waals surface area contributed by atoms with Gasteiger partial charge in [-0.25, -0.2) is 0 Å². The summed E-state index contributed by atoms with van der Waals surface area (Å²) in [6.45, 7) is 3.26. The van der Waals surface area contributed by atoms with Crippen LogP contribution >= 0.6 is 0 Å². The molecule has 0 unspecified atom stereocenters. The zero-order valence-electron chi connectivity index (χ0n) is 11.3. The highest BCUT2D eigenvalue weighted by Gasteiger charge is 2.35. The van der Waals surface area contributed by atoms with Gasteiger partial charge in [0.1, 0.15) is 0 Å². The third-order valence-corrected chi connectivity index (χ3v) is 4.65. The molecule has 0 amide bonds. The van der Waals surface area contributed by atoms with Crippen LogP contribution in [0.3, 0.4) is 0 Å². The van der Waals surface area contributed by atoms with E-state index in [1.807, 2.05) is 18.3 Å². The van der Waals surface area contributed by atoms with E-state index in [0.29, 0.717) is 12.0 Å². The maximum Gasteiger partial charge on any atom is 0.0871 e. The Morgan fingerprint density at radius 3 is 3.00 bits per heavy atom. The van der Waals surface area contributed by atoms with Crippen LogP contribution in [0.5, 0.6) is 0 Å². The van der Waals surface area contributed by atoms with E-state index in [0.717, 1.165) is 18.5 Å². The Balaban J connectivity index is 2.01. The molecule has 1 aliphatic heterocycles. The lowest BCUT2D eigenvalue weighted by atomic mass is 9.77. The van der Waals surface area contributed by atoms with Crippen molar-refractivity contribution in [3.05, 3.63) is 47.2 Å². The molecule has 0 radical (unpaired) electrons. The molecular weight excluding hydrogens is 236 g/mol. The zero-order chi connectivity index (χ0) is 13.1. The lowest BCUT2D eigenvalue weighted by Gasteiger charge is -2.40. The van der Waals surface area contributed by atoms with Gasteiger partial charge in [0.15, 0.2) is 0 Å². The molecule has 19 heavy (non-hydrogen) atoms. The average Bonchev–Trinajstić information content (AvgIpc) is 2.70. The van der Waals surface area contributed by atoms with Crippen molar-refractivity contribution in [3.8, 4) is 0 Å². The topological polar surface area (TPSA) is 28.4 Å². The van der Waals surface area contributed by atoms with Gasteiger partial charge in [-0.05, 0) is 37.6 Å². The highest BCUT2D eigenvalue weighted by molar-refractivity contribution is 5.89. The van der Waals surface area contributed by atoms with Gasteiger partial charge in [-0.15, -0.1) is 0 Å². The average molecular weight is 254 g/mol. The third-order valence-electron chi connectivity index (χ3n) is 4.65. The molecule has 1 aromatic carbocycles. The van der Waals surface area contributed by atoms with Crippen molar-refractivity contribution in [2.45, 2.75) is 25.3 Å². The Morgan fingerprint density at radius 2 is 2.16 bits per heavy atom. The van der Waals surface area contributed by atoms with Crippen LogP contribution < -0.4 is 0 Å². The smallest absolute Gasteiger partial charge is 0.0871 e. The van der Waals surface area contributed by atoms with E-state index in [-0.39, 0.29) is 0 Å². The fourth-order valence-corrected chi connectivity index (χ4v) is 3.87. The fourth-order valence-electron chi connectivity index (χ4n) is 3.87. The summed E-state index contributed by atoms with van der Waals surface area (Å²) < 4.78 is 1.28. The van der Waals surface area contributed by atoms with Crippen LogP contribution in [0.2, 0.25) is 0 Å². The van der Waals surface area contributed by atoms with Crippen molar-refractivity contribution >= 4 is 10.9 Å². The Morgan fingerprint density at radius 1 is 1.32 bits per heavy atom. The number of fused-ring (bicyclic) bond motifs is 2. The van der Waals surface area contributed by atoms with E-state index >= 15 is 0 Å². The van der Waals surface area contributed by atoms with E-state index < -0.39 is 0 Å². The van der Waals surface area contributed by atoms with Crippen LogP contribution in [-0.4, -0.2) is 34.5 Å². The molecule has 4 rings (SSSR count). The van der Waals surface area contributed by atoms with Crippen molar-refractivity contribution in [3.63, 3.8) is 0 Å². The number of likely N-dealkylation sites (N-methyl/N-ethyl adjacent to an activating group) is 1. The number of nitrogens with zero attached hydrogens (tertiary/aromatic N) is 2. The van der Waals surface area contributed by atoms with Gasteiger partial charge in [0, 0.05) is 30.1 Å². The molecule has 1 N–H and O–H groups in total. The maximum atomic E-state index is 10.0. The lowest BCUT2D eigenvalue weighted by molar-refractivity contribution is 0.198. The van der Waals surface area contributed by atoms with Gasteiger partial charge in [-0.2, -0.15) is 4.73 Å². The van der Waals surface area contributed by atoms with Gasteiger partial charge in [-0.1, -0.05) is 23.8 Å². The molecule has 1 aliphatic carbocycles. The molecule has 3 nitrogen and oxygen atoms in total. The molecule has 2 aromatic rings. The first kappa shape index (κ1) is 11.1. The van der Waals surface area contributed by atoms with Gasteiger partial charge < -0.3 is 5.21 Å². The van der Waals surface area contributed by atoms with E-state index in [1.54, 1.807) is 0 Å². The van der Waals surface area contributed by atoms with Gasteiger partial charge in [-0.3, -0.25) is 4.90 Å². The van der Waals surface area contributed by atoms with Crippen molar-refractivity contribution in [2.75, 3.05) is 13.6 Å². The summed E-state index contributed by atoms with van der Waals surface area (Å²) in [5.74, 6) is 0.456. The number of rotatable bonds is 0. The van der Waals surface area contributed by atoms with Crippen molar-refractivity contribution in [1.82, 2.24) is 9.63 Å². The quantitative estimate of drug-likeness (QED) is 0.578. The van der Waals surface area contributed by atoms with Crippen LogP contribution in [0.15, 0.2) is 36.0 Å². The van der Waals surface area contributed by atoms with E-state index in [4.69, 9.17) is 0 Å². The summed E-state index contributed by atoms with van der Waals surface area (Å²) >= 11 is 0. The molecule has 0 fully saturated rings. The van der Waals surface area contributed by atoms with Crippen LogP contribution in [-0.2, 0) is 6.42 Å². The minimum Gasteiger partial charge on any atom is -0.428 e. The Hall–Kier alpha value is -1.74. The second-order valence-corrected chi connectivity index (χ2v) is 5.97. The Bertz CT molecular complexity index is 698. The van der Waals surface area contributed by atoms with Crippen LogP contribution in [0.4, 0.5) is 0 Å². The summed E-state index contributed by atoms with van der Waals surface area (Å²) in [6.07, 6.45) is 5.31. The van der Waals surface area contributed by atoms with E-state index in [2.05, 4.69) is 31.0 Å². The molecule has 3 heteroatoms. The van der Waals surface area contributed by atoms with Crippen molar-refractivity contribution in [2.24, 2.45) is 0 Å². The maximum absolute atomic E-state index is 10.0. The zero-order valence-corrected chi connectivity index (χ0v) is 11.3. The fraction of sp³-hybridized carbons (Fsp3) is 0.375. The molecule has 1 aromatic heterocycles. The van der Waals surface area contributed by atoms with Crippen LogP contribution in [0.1, 0.15) is 24.0 Å². The summed E-state index contributed by atoms with van der Waals surface area (Å²) in [5, 5.41) is 11.3. The van der Waals surface area contributed by atoms with E-state index in [9.17, 15) is 5.21 Å². The number of aromatic nitrogens is 1. The molecule has 0 saturated heterocycles. The first-order valence-corrected chi connectivity index (χ1v) is 6.85. The third kappa shape index (κ3) is 1.42. The van der Waals surface area contributed by atoms with Gasteiger partial charge in [0.25, 0.3) is 0 Å². The number of hydrogen-bond acceptors (Lipinski definition) is 2. The standard InChI is InChI=1S/C16H18N2O/c1-10-6-13-12-4-3-5-14-16(12)11(9-18(14)19)7-15(13)17(2)8-10/h3-6,9,13,15,19H,7-8H2,1-2H3/t13-,15-/m1/s1. The number of benzene rings is 1. The molecule has 0 saturated carbocycles. The lowest BCUT2D eigenvalue weighted by Crippen LogP contribution is -2.43. The molecular formula is C16H18N2O. The number of hydrogen-bond donors (Lipinski definition) is 1. The normalized spacial score (nSPS) is 26.3. The Labute approximate surface area is 112 Å². The molecule has 2 atom stereocenters. The van der Waals surface area contributed by atoms with Crippen molar-refractivity contribution in [1.29, 1.82) is 0 Å². The second kappa shape index (κ2) is 3.64. The monoisotopic (exact) mass is 254 g/mol. The molecule has 2 aliphatic rings. The summed E-state index contributed by atoms with van der Waals surface area (Å²) in [7, 11) is 2.20. The van der Waals surface area contributed by atoms with Gasteiger partial charge in [0.05, 0.1) is 5.52 Å². The summed E-state index contributed by atoms with van der Waals surface area (Å²) in [5.41, 5.74) is 5.01. The summed E-state index contributed by atoms with van der Waals surface area (Å²) in [6, 6.07) is 6.77. The summed E-state index contributed by atoms with van der Waals surface area (Å²) in [4.78, 5) is 2.44. The molecule has 98 valence electrons. The van der Waals surface area contributed by atoms with Crippen LogP contribution in [0, 0.1) is 0 Å². The second-order valence-electron chi connectivity index (χ2n) is 5.97. The Kier molecular flexibility index (Phi) is 2.13.